The molecular formula is C23H20Br3ClN6O4. The van der Waals surface area contributed by atoms with Crippen molar-refractivity contribution < 1.29 is 19.1 Å². The Morgan fingerprint density at radius 2 is 1.78 bits per heavy atom. The van der Waals surface area contributed by atoms with Crippen molar-refractivity contribution in [3.63, 3.8) is 0 Å². The van der Waals surface area contributed by atoms with E-state index in [4.69, 9.17) is 16.3 Å². The molecule has 1 aromatic carbocycles. The number of rotatable bonds is 4. The summed E-state index contributed by atoms with van der Waals surface area (Å²) in [5, 5.41) is 10.1. The molecule has 1 N–H and O–H groups in total. The van der Waals surface area contributed by atoms with Crippen LogP contribution >= 0.6 is 59.4 Å². The van der Waals surface area contributed by atoms with E-state index in [9.17, 15) is 14.4 Å². The van der Waals surface area contributed by atoms with Crippen LogP contribution in [0.3, 0.4) is 0 Å². The lowest BCUT2D eigenvalue weighted by Gasteiger charge is -2.32. The third kappa shape index (κ3) is 6.00. The minimum absolute atomic E-state index is 0.131. The molecular weight excluding hydrogens is 699 g/mol. The summed E-state index contributed by atoms with van der Waals surface area (Å²) in [6, 6.07) is 8.11. The van der Waals surface area contributed by atoms with Crippen LogP contribution in [0.1, 0.15) is 40.1 Å². The minimum Gasteiger partial charge on any atom is -0.452 e. The molecule has 10 nitrogen and oxygen atoms in total. The van der Waals surface area contributed by atoms with Gasteiger partial charge in [-0.2, -0.15) is 5.10 Å². The van der Waals surface area contributed by atoms with Crippen molar-refractivity contribution in [2.75, 3.05) is 25.5 Å². The zero-order chi connectivity index (χ0) is 26.7. The lowest BCUT2D eigenvalue weighted by atomic mass is 10.1. The van der Waals surface area contributed by atoms with E-state index in [0.29, 0.717) is 38.1 Å². The molecule has 1 aliphatic heterocycles. The number of methoxy groups -OCH3 is 1. The number of anilines is 1. The number of carbonyl (C=O) groups excluding carboxylic acids is 3. The summed E-state index contributed by atoms with van der Waals surface area (Å²) in [6.45, 7) is 0.663. The van der Waals surface area contributed by atoms with Gasteiger partial charge < -0.3 is 10.1 Å². The SMILES string of the molecule is COC(=O)N1CCCCCN1C(=O)c1cc(Br)cc(Br)c1NC(=O)c1cc(Br)nn1-c1ncccc1Cl. The van der Waals surface area contributed by atoms with Gasteiger partial charge in [-0.25, -0.2) is 24.5 Å². The first kappa shape index (κ1) is 27.6. The first-order valence-electron chi connectivity index (χ1n) is 11.1. The second kappa shape index (κ2) is 11.9. The molecule has 0 saturated carbocycles. The maximum atomic E-state index is 13.8. The molecule has 0 unspecified atom stereocenters. The number of hydrogen-bond donors (Lipinski definition) is 1. The highest BCUT2D eigenvalue weighted by Crippen LogP contribution is 2.33. The highest BCUT2D eigenvalue weighted by molar-refractivity contribution is 9.11. The van der Waals surface area contributed by atoms with Gasteiger partial charge in [0.25, 0.3) is 11.8 Å². The predicted molar refractivity (Wildman–Crippen MR) is 148 cm³/mol. The maximum absolute atomic E-state index is 13.8. The number of nitrogens with one attached hydrogen (secondary N) is 1. The van der Waals surface area contributed by atoms with Crippen LogP contribution < -0.4 is 5.32 Å². The van der Waals surface area contributed by atoms with Crippen molar-refractivity contribution in [3.8, 4) is 5.82 Å². The van der Waals surface area contributed by atoms with Gasteiger partial charge in [-0.3, -0.25) is 9.59 Å². The standard InChI is InChI=1S/C23H20Br3ClN6O4/c1-37-23(36)32-9-4-2-3-8-31(32)22(35)14-10-13(24)11-15(25)19(14)29-21(34)17-12-18(26)30-33(17)20-16(27)6-5-7-28-20/h5-7,10-12H,2-4,8-9H2,1H3,(H,29,34). The second-order valence-electron chi connectivity index (χ2n) is 7.92. The molecule has 14 heteroatoms. The van der Waals surface area contributed by atoms with Gasteiger partial charge in [-0.1, -0.05) is 27.5 Å². The smallest absolute Gasteiger partial charge is 0.428 e. The molecule has 4 rings (SSSR count). The third-order valence-electron chi connectivity index (χ3n) is 5.53. The lowest BCUT2D eigenvalue weighted by Crippen LogP contribution is -2.49. The van der Waals surface area contributed by atoms with Gasteiger partial charge in [-0.15, -0.1) is 0 Å². The maximum Gasteiger partial charge on any atom is 0.428 e. The number of hydrogen-bond acceptors (Lipinski definition) is 6. The summed E-state index contributed by atoms with van der Waals surface area (Å²) in [4.78, 5) is 44.0. The molecule has 0 bridgehead atoms. The summed E-state index contributed by atoms with van der Waals surface area (Å²) in [7, 11) is 1.27. The topological polar surface area (TPSA) is 110 Å². The number of hydrazine groups is 1. The third-order valence-corrected chi connectivity index (χ3v) is 7.29. The fraction of sp³-hybridized carbons (Fsp3) is 0.261. The van der Waals surface area contributed by atoms with Gasteiger partial charge in [0.1, 0.15) is 10.3 Å². The first-order valence-corrected chi connectivity index (χ1v) is 13.8. The molecule has 1 saturated heterocycles. The average Bonchev–Trinajstić information content (AvgIpc) is 3.09. The fourth-order valence-corrected chi connectivity index (χ4v) is 5.74. The molecule has 1 fully saturated rings. The van der Waals surface area contributed by atoms with E-state index in [1.54, 1.807) is 24.3 Å². The normalized spacial score (nSPS) is 13.8. The van der Waals surface area contributed by atoms with Crippen LogP contribution in [0.25, 0.3) is 5.82 Å². The van der Waals surface area contributed by atoms with Crippen molar-refractivity contribution in [2.45, 2.75) is 19.3 Å². The first-order chi connectivity index (χ1) is 17.7. The summed E-state index contributed by atoms with van der Waals surface area (Å²) in [5.41, 5.74) is 0.529. The fourth-order valence-electron chi connectivity index (χ4n) is 3.84. The molecule has 3 aromatic rings. The van der Waals surface area contributed by atoms with Gasteiger partial charge >= 0.3 is 6.09 Å². The molecule has 0 spiro atoms. The summed E-state index contributed by atoms with van der Waals surface area (Å²) in [6.07, 6.45) is 3.22. The van der Waals surface area contributed by atoms with Crippen LogP contribution in [0.15, 0.2) is 50.1 Å². The van der Waals surface area contributed by atoms with Gasteiger partial charge in [0.15, 0.2) is 5.82 Å². The van der Waals surface area contributed by atoms with Crippen LogP contribution in [0.5, 0.6) is 0 Å². The highest BCUT2D eigenvalue weighted by Gasteiger charge is 2.32. The van der Waals surface area contributed by atoms with E-state index >= 15 is 0 Å². The lowest BCUT2D eigenvalue weighted by molar-refractivity contribution is -0.00166. The molecule has 0 atom stereocenters. The van der Waals surface area contributed by atoms with E-state index in [1.165, 1.54) is 34.1 Å². The Labute approximate surface area is 242 Å². The van der Waals surface area contributed by atoms with Crippen LogP contribution in [0.2, 0.25) is 5.02 Å². The Morgan fingerprint density at radius 1 is 1.05 bits per heavy atom. The van der Waals surface area contributed by atoms with Crippen molar-refractivity contribution >= 4 is 83.0 Å². The Kier molecular flexibility index (Phi) is 8.88. The van der Waals surface area contributed by atoms with E-state index in [0.717, 1.165) is 12.8 Å². The predicted octanol–water partition coefficient (Wildman–Crippen LogP) is 6.07. The van der Waals surface area contributed by atoms with Gasteiger partial charge in [0.05, 0.1) is 23.4 Å². The summed E-state index contributed by atoms with van der Waals surface area (Å²) < 4.78 is 7.67. The van der Waals surface area contributed by atoms with Crippen molar-refractivity contribution in [1.29, 1.82) is 0 Å². The zero-order valence-corrected chi connectivity index (χ0v) is 24.9. The van der Waals surface area contributed by atoms with Crippen LogP contribution in [0.4, 0.5) is 10.5 Å². The summed E-state index contributed by atoms with van der Waals surface area (Å²) >= 11 is 16.5. The molecule has 0 aliphatic carbocycles. The second-order valence-corrected chi connectivity index (χ2v) is 10.9. The number of aromatic nitrogens is 3. The van der Waals surface area contributed by atoms with E-state index < -0.39 is 17.9 Å². The largest absolute Gasteiger partial charge is 0.452 e. The number of carbonyl (C=O) groups is 3. The van der Waals surface area contributed by atoms with Crippen molar-refractivity contribution in [1.82, 2.24) is 24.8 Å². The molecule has 0 radical (unpaired) electrons. The number of ether oxygens (including phenoxy) is 1. The number of nitrogens with zero attached hydrogens (tertiary/aromatic N) is 5. The molecule has 1 aliphatic rings. The summed E-state index contributed by atoms with van der Waals surface area (Å²) in [5.74, 6) is -0.755. The quantitative estimate of drug-likeness (QED) is 0.351. The number of halogens is 4. The monoisotopic (exact) mass is 716 g/mol. The highest BCUT2D eigenvalue weighted by atomic mass is 79.9. The van der Waals surface area contributed by atoms with Crippen molar-refractivity contribution in [3.05, 3.63) is 66.4 Å². The zero-order valence-electron chi connectivity index (χ0n) is 19.4. The van der Waals surface area contributed by atoms with Crippen molar-refractivity contribution in [2.24, 2.45) is 0 Å². The molecule has 3 amide bonds. The Balaban J connectivity index is 1.73. The van der Waals surface area contributed by atoms with Gasteiger partial charge in [0, 0.05) is 34.3 Å². The Hall–Kier alpha value is -2.48. The van der Waals surface area contributed by atoms with Gasteiger partial charge in [-0.05, 0) is 75.4 Å². The molecule has 2 aromatic heterocycles. The number of amides is 3. The Morgan fingerprint density at radius 3 is 2.49 bits per heavy atom. The van der Waals surface area contributed by atoms with Crippen LogP contribution in [-0.4, -0.2) is 62.9 Å². The minimum atomic E-state index is -0.629. The molecule has 194 valence electrons. The number of benzene rings is 1. The van der Waals surface area contributed by atoms with E-state index in [1.807, 2.05) is 0 Å². The van der Waals surface area contributed by atoms with E-state index in [-0.39, 0.29) is 22.8 Å². The van der Waals surface area contributed by atoms with Gasteiger partial charge in [0.2, 0.25) is 0 Å². The van der Waals surface area contributed by atoms with E-state index in [2.05, 4.69) is 63.2 Å². The number of pyridine rings is 1. The van der Waals surface area contributed by atoms with Crippen LogP contribution in [0, 0.1) is 0 Å². The molecule has 3 heterocycles. The Bertz CT molecular complexity index is 1370. The molecule has 37 heavy (non-hydrogen) atoms. The average molecular weight is 720 g/mol. The van der Waals surface area contributed by atoms with Crippen LogP contribution in [-0.2, 0) is 4.74 Å².